The topological polar surface area (TPSA) is 108 Å². The minimum atomic E-state index is -3.61. The van der Waals surface area contributed by atoms with Gasteiger partial charge in [0.25, 0.3) is 21.8 Å². The van der Waals surface area contributed by atoms with Crippen LogP contribution in [0.3, 0.4) is 0 Å². The highest BCUT2D eigenvalue weighted by atomic mass is 32.2. The number of nitrogens with one attached hydrogen (secondary N) is 1. The average Bonchev–Trinajstić information content (AvgIpc) is 2.97. The lowest BCUT2D eigenvalue weighted by atomic mass is 9.94. The minimum Gasteiger partial charge on any atom is -0.477 e. The molecule has 1 N–H and O–H groups in total. The largest absolute Gasteiger partial charge is 0.477 e. The van der Waals surface area contributed by atoms with Gasteiger partial charge in [0, 0.05) is 31.7 Å². The van der Waals surface area contributed by atoms with Crippen LogP contribution in [0.15, 0.2) is 23.6 Å². The van der Waals surface area contributed by atoms with Crippen LogP contribution in [0.4, 0.5) is 0 Å². The highest BCUT2D eigenvalue weighted by molar-refractivity contribution is 7.89. The molecular formula is C16H23N5O4S. The molecule has 0 aromatic carbocycles. The van der Waals surface area contributed by atoms with E-state index in [0.717, 1.165) is 0 Å². The maximum atomic E-state index is 12.5. The molecule has 0 aliphatic heterocycles. The quantitative estimate of drug-likeness (QED) is 0.801. The Morgan fingerprint density at radius 3 is 2.38 bits per heavy atom. The van der Waals surface area contributed by atoms with E-state index in [4.69, 9.17) is 9.47 Å². The van der Waals surface area contributed by atoms with E-state index < -0.39 is 10.0 Å². The third-order valence-corrected chi connectivity index (χ3v) is 5.85. The van der Waals surface area contributed by atoms with Gasteiger partial charge in [-0.1, -0.05) is 0 Å². The molecule has 1 aliphatic carbocycles. The first-order chi connectivity index (χ1) is 12.4. The standard InChI is InChI=1S/C16H23N5O4S/c1-11-19-14(10-21(11)2)26(22,23)20-12-4-6-13(7-5-12)25-16-15(24-3)17-8-9-18-16/h8-10,12-13,20H,4-7H2,1-3H3. The Kier molecular flexibility index (Phi) is 5.42. The van der Waals surface area contributed by atoms with Crippen molar-refractivity contribution in [3.8, 4) is 11.8 Å². The summed E-state index contributed by atoms with van der Waals surface area (Å²) >= 11 is 0. The SMILES string of the molecule is COc1nccnc1OC1CCC(NS(=O)(=O)c2cn(C)c(C)n2)CC1. The van der Waals surface area contributed by atoms with Crippen molar-refractivity contribution in [1.29, 1.82) is 0 Å². The first-order valence-electron chi connectivity index (χ1n) is 8.43. The van der Waals surface area contributed by atoms with E-state index >= 15 is 0 Å². The summed E-state index contributed by atoms with van der Waals surface area (Å²) in [4.78, 5) is 12.3. The molecule has 0 bridgehead atoms. The van der Waals surface area contributed by atoms with Gasteiger partial charge in [-0.05, 0) is 32.6 Å². The molecule has 1 aliphatic rings. The zero-order chi connectivity index (χ0) is 18.7. The fourth-order valence-corrected chi connectivity index (χ4v) is 4.27. The molecule has 10 heteroatoms. The van der Waals surface area contributed by atoms with E-state index in [0.29, 0.717) is 43.3 Å². The smallest absolute Gasteiger partial charge is 0.278 e. The minimum absolute atomic E-state index is 0.0431. The van der Waals surface area contributed by atoms with Crippen LogP contribution in [0.5, 0.6) is 11.8 Å². The molecule has 0 unspecified atom stereocenters. The Morgan fingerprint density at radius 2 is 1.81 bits per heavy atom. The fourth-order valence-electron chi connectivity index (χ4n) is 2.93. The Bertz CT molecular complexity index is 840. The average molecular weight is 381 g/mol. The van der Waals surface area contributed by atoms with Crippen LogP contribution in [0, 0.1) is 6.92 Å². The molecular weight excluding hydrogens is 358 g/mol. The van der Waals surface area contributed by atoms with Gasteiger partial charge in [0.15, 0.2) is 5.03 Å². The molecule has 1 saturated carbocycles. The van der Waals surface area contributed by atoms with Gasteiger partial charge in [-0.3, -0.25) is 0 Å². The zero-order valence-electron chi connectivity index (χ0n) is 15.0. The third kappa shape index (κ3) is 4.13. The van der Waals surface area contributed by atoms with Crippen molar-refractivity contribution in [2.24, 2.45) is 7.05 Å². The van der Waals surface area contributed by atoms with Crippen molar-refractivity contribution in [3.05, 3.63) is 24.4 Å². The van der Waals surface area contributed by atoms with Crippen molar-refractivity contribution >= 4 is 10.0 Å². The lowest BCUT2D eigenvalue weighted by molar-refractivity contribution is 0.132. The lowest BCUT2D eigenvalue weighted by Gasteiger charge is -2.28. The molecule has 9 nitrogen and oxygen atoms in total. The maximum Gasteiger partial charge on any atom is 0.278 e. The summed E-state index contributed by atoms with van der Waals surface area (Å²) in [5, 5.41) is 0.0557. The molecule has 2 heterocycles. The molecule has 0 radical (unpaired) electrons. The molecule has 0 spiro atoms. The van der Waals surface area contributed by atoms with E-state index in [1.807, 2.05) is 0 Å². The number of aryl methyl sites for hydroxylation is 2. The van der Waals surface area contributed by atoms with E-state index in [-0.39, 0.29) is 17.2 Å². The van der Waals surface area contributed by atoms with Gasteiger partial charge in [0.05, 0.1) is 7.11 Å². The van der Waals surface area contributed by atoms with Crippen LogP contribution in [0.2, 0.25) is 0 Å². The molecule has 26 heavy (non-hydrogen) atoms. The number of sulfonamides is 1. The highest BCUT2D eigenvalue weighted by Gasteiger charge is 2.28. The second-order valence-electron chi connectivity index (χ2n) is 6.32. The van der Waals surface area contributed by atoms with Gasteiger partial charge < -0.3 is 14.0 Å². The molecule has 3 rings (SSSR count). The van der Waals surface area contributed by atoms with Crippen LogP contribution in [-0.2, 0) is 17.1 Å². The van der Waals surface area contributed by atoms with Crippen LogP contribution >= 0.6 is 0 Å². The van der Waals surface area contributed by atoms with Crippen molar-refractivity contribution < 1.29 is 17.9 Å². The number of imidazole rings is 1. The van der Waals surface area contributed by atoms with Crippen LogP contribution < -0.4 is 14.2 Å². The number of hydrogen-bond donors (Lipinski definition) is 1. The summed E-state index contributed by atoms with van der Waals surface area (Å²) < 4.78 is 40.4. The second-order valence-corrected chi connectivity index (χ2v) is 7.98. The molecule has 0 atom stereocenters. The van der Waals surface area contributed by atoms with E-state index in [1.165, 1.54) is 19.5 Å². The lowest BCUT2D eigenvalue weighted by Crippen LogP contribution is -2.39. The molecule has 2 aromatic heterocycles. The molecule has 2 aromatic rings. The fraction of sp³-hybridized carbons (Fsp3) is 0.562. The molecule has 0 saturated heterocycles. The van der Waals surface area contributed by atoms with Crippen LogP contribution in [-0.4, -0.2) is 47.2 Å². The Morgan fingerprint density at radius 1 is 1.15 bits per heavy atom. The number of ether oxygens (including phenoxy) is 2. The first kappa shape index (κ1) is 18.6. The monoisotopic (exact) mass is 381 g/mol. The van der Waals surface area contributed by atoms with E-state index in [2.05, 4.69) is 19.7 Å². The van der Waals surface area contributed by atoms with Crippen LogP contribution in [0.1, 0.15) is 31.5 Å². The second kappa shape index (κ2) is 7.58. The summed E-state index contributed by atoms with van der Waals surface area (Å²) in [6, 6.07) is -0.133. The highest BCUT2D eigenvalue weighted by Crippen LogP contribution is 2.27. The Labute approximate surface area is 152 Å². The number of aromatic nitrogens is 4. The Hall–Kier alpha value is -2.20. The van der Waals surface area contributed by atoms with Gasteiger partial charge >= 0.3 is 0 Å². The third-order valence-electron chi connectivity index (χ3n) is 4.46. The van der Waals surface area contributed by atoms with Crippen molar-refractivity contribution in [3.63, 3.8) is 0 Å². The van der Waals surface area contributed by atoms with Gasteiger partial charge in [0.1, 0.15) is 11.9 Å². The maximum absolute atomic E-state index is 12.5. The number of methoxy groups -OCH3 is 1. The summed E-state index contributed by atoms with van der Waals surface area (Å²) in [6.45, 7) is 1.77. The van der Waals surface area contributed by atoms with Crippen molar-refractivity contribution in [2.75, 3.05) is 7.11 Å². The summed E-state index contributed by atoms with van der Waals surface area (Å²) in [7, 11) is -0.329. The molecule has 0 amide bonds. The van der Waals surface area contributed by atoms with Gasteiger partial charge in [-0.15, -0.1) is 0 Å². The summed E-state index contributed by atoms with van der Waals surface area (Å²) in [6.07, 6.45) is 7.35. The van der Waals surface area contributed by atoms with Gasteiger partial charge in [-0.25, -0.2) is 28.1 Å². The van der Waals surface area contributed by atoms with E-state index in [9.17, 15) is 8.42 Å². The molecule has 1 fully saturated rings. The predicted octanol–water partition coefficient (Wildman–Crippen LogP) is 1.20. The molecule has 142 valence electrons. The number of hydrogen-bond acceptors (Lipinski definition) is 7. The van der Waals surface area contributed by atoms with Crippen molar-refractivity contribution in [1.82, 2.24) is 24.2 Å². The predicted molar refractivity (Wildman–Crippen MR) is 93.5 cm³/mol. The Balaban J connectivity index is 1.57. The number of rotatable bonds is 6. The normalized spacial score (nSPS) is 20.7. The van der Waals surface area contributed by atoms with Gasteiger partial charge in [-0.2, -0.15) is 0 Å². The van der Waals surface area contributed by atoms with E-state index in [1.54, 1.807) is 24.7 Å². The summed E-state index contributed by atoms with van der Waals surface area (Å²) in [5.74, 6) is 1.37. The van der Waals surface area contributed by atoms with Crippen LogP contribution in [0.25, 0.3) is 0 Å². The number of nitrogens with zero attached hydrogens (tertiary/aromatic N) is 4. The summed E-state index contributed by atoms with van der Waals surface area (Å²) in [5.41, 5.74) is 0. The first-order valence-corrected chi connectivity index (χ1v) is 9.91. The van der Waals surface area contributed by atoms with Gasteiger partial charge in [0.2, 0.25) is 0 Å². The van der Waals surface area contributed by atoms with Crippen molar-refractivity contribution in [2.45, 2.75) is 49.8 Å². The zero-order valence-corrected chi connectivity index (χ0v) is 15.9.